The highest BCUT2D eigenvalue weighted by Crippen LogP contribution is 2.38. The summed E-state index contributed by atoms with van der Waals surface area (Å²) in [6.45, 7) is 0.268. The number of ether oxygens (including phenoxy) is 2. The van der Waals surface area contributed by atoms with Gasteiger partial charge in [-0.3, -0.25) is 4.79 Å². The summed E-state index contributed by atoms with van der Waals surface area (Å²) in [5.41, 5.74) is 0. The number of aliphatic hydroxyl groups excluding tert-OH is 1. The fourth-order valence-corrected chi connectivity index (χ4v) is 3.80. The highest BCUT2D eigenvalue weighted by Gasteiger charge is 2.42. The Balaban J connectivity index is 1.61. The van der Waals surface area contributed by atoms with Crippen molar-refractivity contribution in [2.45, 2.75) is 37.8 Å². The Morgan fingerprint density at radius 1 is 1.23 bits per heavy atom. The van der Waals surface area contributed by atoms with E-state index in [1.54, 1.807) is 13.2 Å². The van der Waals surface area contributed by atoms with Crippen LogP contribution in [0, 0.1) is 5.92 Å². The van der Waals surface area contributed by atoms with Gasteiger partial charge in [-0.25, -0.2) is 0 Å². The Morgan fingerprint density at radius 2 is 1.86 bits per heavy atom. The molecule has 1 aromatic rings. The van der Waals surface area contributed by atoms with Crippen LogP contribution in [0.3, 0.4) is 0 Å². The molecule has 2 bridgehead atoms. The van der Waals surface area contributed by atoms with E-state index < -0.39 is 0 Å². The number of para-hydroxylation sites is 2. The maximum atomic E-state index is 12.5. The molecular weight excluding hydrogens is 282 g/mol. The molecule has 0 saturated carbocycles. The number of amides is 1. The number of carbonyl (C=O) groups is 1. The van der Waals surface area contributed by atoms with Crippen LogP contribution in [0.5, 0.6) is 11.5 Å². The van der Waals surface area contributed by atoms with Crippen molar-refractivity contribution in [2.24, 2.45) is 5.92 Å². The first-order chi connectivity index (χ1) is 10.7. The summed E-state index contributed by atoms with van der Waals surface area (Å²) in [6, 6.07) is 7.88. The van der Waals surface area contributed by atoms with Gasteiger partial charge in [0.2, 0.25) is 0 Å². The first kappa shape index (κ1) is 15.2. The van der Waals surface area contributed by atoms with Gasteiger partial charge in [0.05, 0.1) is 7.11 Å². The molecule has 3 rings (SSSR count). The zero-order chi connectivity index (χ0) is 15.5. The van der Waals surface area contributed by atoms with Crippen LogP contribution in [0.4, 0.5) is 0 Å². The molecular formula is C17H23NO4. The lowest BCUT2D eigenvalue weighted by atomic mass is 9.91. The first-order valence-corrected chi connectivity index (χ1v) is 7.90. The Kier molecular flexibility index (Phi) is 4.52. The SMILES string of the molecule is COc1ccccc1OCC(=O)N1[C@@H]2CC[C@H]1CC(CO)C2. The summed E-state index contributed by atoms with van der Waals surface area (Å²) in [4.78, 5) is 14.5. The average Bonchev–Trinajstić information content (AvgIpc) is 2.83. The molecule has 1 unspecified atom stereocenters. The summed E-state index contributed by atoms with van der Waals surface area (Å²) >= 11 is 0. The second-order valence-electron chi connectivity index (χ2n) is 6.15. The molecule has 5 heteroatoms. The molecule has 1 aromatic carbocycles. The van der Waals surface area contributed by atoms with Crippen LogP contribution in [-0.2, 0) is 4.79 Å². The van der Waals surface area contributed by atoms with Gasteiger partial charge in [0, 0.05) is 18.7 Å². The molecule has 2 aliphatic heterocycles. The van der Waals surface area contributed by atoms with Crippen molar-refractivity contribution >= 4 is 5.91 Å². The molecule has 3 atom stereocenters. The number of hydrogen-bond acceptors (Lipinski definition) is 4. The highest BCUT2D eigenvalue weighted by atomic mass is 16.5. The summed E-state index contributed by atoms with van der Waals surface area (Å²) in [7, 11) is 1.59. The number of hydrogen-bond donors (Lipinski definition) is 1. The van der Waals surface area contributed by atoms with Crippen molar-refractivity contribution in [1.82, 2.24) is 4.90 Å². The molecule has 2 aliphatic rings. The first-order valence-electron chi connectivity index (χ1n) is 7.90. The van der Waals surface area contributed by atoms with E-state index >= 15 is 0 Å². The predicted molar refractivity (Wildman–Crippen MR) is 82.0 cm³/mol. The molecule has 5 nitrogen and oxygen atoms in total. The van der Waals surface area contributed by atoms with E-state index in [0.29, 0.717) is 17.4 Å². The van der Waals surface area contributed by atoms with Gasteiger partial charge < -0.3 is 19.5 Å². The van der Waals surface area contributed by atoms with Gasteiger partial charge in [0.25, 0.3) is 5.91 Å². The van der Waals surface area contributed by atoms with Crippen LogP contribution in [0.25, 0.3) is 0 Å². The number of rotatable bonds is 5. The van der Waals surface area contributed by atoms with E-state index in [2.05, 4.69) is 0 Å². The predicted octanol–water partition coefficient (Wildman–Crippen LogP) is 1.84. The quantitative estimate of drug-likeness (QED) is 0.902. The molecule has 0 aromatic heterocycles. The molecule has 22 heavy (non-hydrogen) atoms. The lowest BCUT2D eigenvalue weighted by Gasteiger charge is -2.38. The van der Waals surface area contributed by atoms with Crippen LogP contribution in [-0.4, -0.2) is 48.3 Å². The third kappa shape index (κ3) is 2.90. The number of benzene rings is 1. The van der Waals surface area contributed by atoms with Gasteiger partial charge in [-0.15, -0.1) is 0 Å². The number of aliphatic hydroxyl groups is 1. The minimum atomic E-state index is 0.0368. The highest BCUT2D eigenvalue weighted by molar-refractivity contribution is 5.79. The Bertz CT molecular complexity index is 519. The lowest BCUT2D eigenvalue weighted by Crippen LogP contribution is -2.48. The number of methoxy groups -OCH3 is 1. The van der Waals surface area contributed by atoms with E-state index in [4.69, 9.17) is 9.47 Å². The zero-order valence-corrected chi connectivity index (χ0v) is 12.9. The number of piperidine rings is 1. The largest absolute Gasteiger partial charge is 0.493 e. The molecule has 2 heterocycles. The van der Waals surface area contributed by atoms with Crippen molar-refractivity contribution < 1.29 is 19.4 Å². The van der Waals surface area contributed by atoms with Crippen molar-refractivity contribution in [3.63, 3.8) is 0 Å². The van der Waals surface area contributed by atoms with Gasteiger partial charge in [-0.05, 0) is 43.7 Å². The Hall–Kier alpha value is -1.75. The molecule has 0 spiro atoms. The van der Waals surface area contributed by atoms with Crippen LogP contribution in [0.15, 0.2) is 24.3 Å². The van der Waals surface area contributed by atoms with Gasteiger partial charge in [0.1, 0.15) is 0 Å². The molecule has 0 aliphatic carbocycles. The minimum absolute atomic E-state index is 0.0368. The van der Waals surface area contributed by atoms with E-state index in [9.17, 15) is 9.90 Å². The monoisotopic (exact) mass is 305 g/mol. The number of nitrogens with zero attached hydrogens (tertiary/aromatic N) is 1. The average molecular weight is 305 g/mol. The van der Waals surface area contributed by atoms with Crippen LogP contribution < -0.4 is 9.47 Å². The van der Waals surface area contributed by atoms with Crippen LogP contribution in [0.2, 0.25) is 0 Å². The van der Waals surface area contributed by atoms with E-state index in [0.717, 1.165) is 25.7 Å². The summed E-state index contributed by atoms with van der Waals surface area (Å²) in [6.07, 6.45) is 3.91. The standard InChI is InChI=1S/C17H23NO4/c1-21-15-4-2-3-5-16(15)22-11-17(20)18-13-6-7-14(18)9-12(8-13)10-19/h2-5,12-14,19H,6-11H2,1H3/t12?,13-,14+. The van der Waals surface area contributed by atoms with E-state index in [1.165, 1.54) is 0 Å². The zero-order valence-electron chi connectivity index (χ0n) is 12.9. The maximum Gasteiger partial charge on any atom is 0.261 e. The molecule has 1 N–H and O–H groups in total. The summed E-state index contributed by atoms with van der Waals surface area (Å²) in [5.74, 6) is 1.61. The fourth-order valence-electron chi connectivity index (χ4n) is 3.80. The van der Waals surface area contributed by atoms with Crippen LogP contribution >= 0.6 is 0 Å². The second-order valence-corrected chi connectivity index (χ2v) is 6.15. The summed E-state index contributed by atoms with van der Waals surface area (Å²) < 4.78 is 10.9. The minimum Gasteiger partial charge on any atom is -0.493 e. The van der Waals surface area contributed by atoms with Crippen molar-refractivity contribution in [3.8, 4) is 11.5 Å². The van der Waals surface area contributed by atoms with Crippen molar-refractivity contribution in [3.05, 3.63) is 24.3 Å². The van der Waals surface area contributed by atoms with Gasteiger partial charge in [0.15, 0.2) is 18.1 Å². The lowest BCUT2D eigenvalue weighted by molar-refractivity contribution is -0.138. The van der Waals surface area contributed by atoms with Crippen LogP contribution in [0.1, 0.15) is 25.7 Å². The molecule has 1 amide bonds. The van der Waals surface area contributed by atoms with E-state index in [1.807, 2.05) is 23.1 Å². The number of carbonyl (C=O) groups excluding carboxylic acids is 1. The van der Waals surface area contributed by atoms with Gasteiger partial charge in [-0.2, -0.15) is 0 Å². The fraction of sp³-hybridized carbons (Fsp3) is 0.588. The molecule has 0 radical (unpaired) electrons. The normalized spacial score (nSPS) is 26.8. The van der Waals surface area contributed by atoms with Crippen molar-refractivity contribution in [2.75, 3.05) is 20.3 Å². The Morgan fingerprint density at radius 3 is 2.45 bits per heavy atom. The van der Waals surface area contributed by atoms with Crippen molar-refractivity contribution in [1.29, 1.82) is 0 Å². The summed E-state index contributed by atoms with van der Waals surface area (Å²) in [5, 5.41) is 9.35. The second kappa shape index (κ2) is 6.57. The van der Waals surface area contributed by atoms with Gasteiger partial charge in [-0.1, -0.05) is 12.1 Å². The van der Waals surface area contributed by atoms with Gasteiger partial charge >= 0.3 is 0 Å². The molecule has 120 valence electrons. The maximum absolute atomic E-state index is 12.5. The smallest absolute Gasteiger partial charge is 0.261 e. The topological polar surface area (TPSA) is 59.0 Å². The Labute approximate surface area is 130 Å². The molecule has 2 fully saturated rings. The third-order valence-electron chi connectivity index (χ3n) is 4.80. The van der Waals surface area contributed by atoms with E-state index in [-0.39, 0.29) is 31.2 Å². The molecule has 2 saturated heterocycles. The third-order valence-corrected chi connectivity index (χ3v) is 4.80. The number of fused-ring (bicyclic) bond motifs is 2.